The van der Waals surface area contributed by atoms with Gasteiger partial charge in [-0.25, -0.2) is 4.98 Å². The molecular formula is C18H22N2O3. The Morgan fingerprint density at radius 2 is 2.13 bits per heavy atom. The number of hydrogen-bond acceptors (Lipinski definition) is 4. The summed E-state index contributed by atoms with van der Waals surface area (Å²) in [5, 5.41) is 0. The smallest absolute Gasteiger partial charge is 0.223 e. The van der Waals surface area contributed by atoms with Gasteiger partial charge in [-0.3, -0.25) is 4.79 Å². The first-order valence-corrected chi connectivity index (χ1v) is 8.13. The summed E-state index contributed by atoms with van der Waals surface area (Å²) >= 11 is 0. The number of carbonyl (C=O) groups is 1. The van der Waals surface area contributed by atoms with Crippen molar-refractivity contribution in [3.63, 3.8) is 0 Å². The number of benzene rings is 1. The minimum absolute atomic E-state index is 0.200. The van der Waals surface area contributed by atoms with Crippen LogP contribution in [0.1, 0.15) is 31.6 Å². The fraction of sp³-hybridized carbons (Fsp3) is 0.444. The number of aromatic nitrogens is 1. The zero-order valence-electron chi connectivity index (χ0n) is 13.5. The molecule has 5 heteroatoms. The van der Waals surface area contributed by atoms with Crippen molar-refractivity contribution >= 4 is 5.91 Å². The number of ether oxygens (including phenoxy) is 1. The van der Waals surface area contributed by atoms with Crippen molar-refractivity contribution in [2.45, 2.75) is 32.1 Å². The van der Waals surface area contributed by atoms with Crippen molar-refractivity contribution in [3.05, 3.63) is 36.4 Å². The molecule has 1 aliphatic heterocycles. The van der Waals surface area contributed by atoms with Crippen LogP contribution in [0.15, 0.2) is 34.9 Å². The fourth-order valence-electron chi connectivity index (χ4n) is 2.85. The Bertz CT molecular complexity index is 660. The standard InChI is InChI=1S/C18H22N2O3/c1-22-15-7-5-6-14(12-15)16-13-19-17(23-16)8-9-18(21)20-10-3-2-4-11-20/h5-7,12-13H,2-4,8-11H2,1H3. The Morgan fingerprint density at radius 3 is 2.91 bits per heavy atom. The summed E-state index contributed by atoms with van der Waals surface area (Å²) in [6, 6.07) is 7.66. The molecule has 2 heterocycles. The monoisotopic (exact) mass is 314 g/mol. The molecule has 0 aliphatic carbocycles. The lowest BCUT2D eigenvalue weighted by atomic mass is 10.1. The van der Waals surface area contributed by atoms with Crippen molar-refractivity contribution in [1.29, 1.82) is 0 Å². The molecule has 0 saturated carbocycles. The van der Waals surface area contributed by atoms with Crippen molar-refractivity contribution in [2.24, 2.45) is 0 Å². The molecule has 0 atom stereocenters. The van der Waals surface area contributed by atoms with Gasteiger partial charge >= 0.3 is 0 Å². The van der Waals surface area contributed by atoms with Gasteiger partial charge in [0.25, 0.3) is 0 Å². The van der Waals surface area contributed by atoms with E-state index in [0.717, 1.165) is 37.2 Å². The Balaban J connectivity index is 1.59. The van der Waals surface area contributed by atoms with Crippen LogP contribution in [0.2, 0.25) is 0 Å². The van der Waals surface area contributed by atoms with Gasteiger partial charge < -0.3 is 14.1 Å². The van der Waals surface area contributed by atoms with Crippen LogP contribution in [-0.2, 0) is 11.2 Å². The topological polar surface area (TPSA) is 55.6 Å². The molecule has 3 rings (SSSR count). The van der Waals surface area contributed by atoms with Gasteiger partial charge in [-0.05, 0) is 31.4 Å². The van der Waals surface area contributed by atoms with E-state index in [1.54, 1.807) is 13.3 Å². The van der Waals surface area contributed by atoms with E-state index in [1.165, 1.54) is 6.42 Å². The van der Waals surface area contributed by atoms with Gasteiger partial charge in [0.1, 0.15) is 5.75 Å². The second kappa shape index (κ2) is 7.31. The average molecular weight is 314 g/mol. The second-order valence-electron chi connectivity index (χ2n) is 5.79. The molecule has 23 heavy (non-hydrogen) atoms. The molecule has 1 aliphatic rings. The van der Waals surface area contributed by atoms with Gasteiger partial charge in [-0.15, -0.1) is 0 Å². The summed E-state index contributed by atoms with van der Waals surface area (Å²) in [6.07, 6.45) is 6.16. The predicted molar refractivity (Wildman–Crippen MR) is 87.2 cm³/mol. The van der Waals surface area contributed by atoms with Gasteiger partial charge in [0.2, 0.25) is 5.91 Å². The summed E-state index contributed by atoms with van der Waals surface area (Å²) in [5.41, 5.74) is 0.922. The predicted octanol–water partition coefficient (Wildman–Crippen LogP) is 3.30. The minimum Gasteiger partial charge on any atom is -0.497 e. The van der Waals surface area contributed by atoms with Crippen LogP contribution in [0, 0.1) is 0 Å². The highest BCUT2D eigenvalue weighted by Gasteiger charge is 2.17. The van der Waals surface area contributed by atoms with Crippen LogP contribution in [0.25, 0.3) is 11.3 Å². The van der Waals surface area contributed by atoms with Crippen molar-refractivity contribution in [1.82, 2.24) is 9.88 Å². The molecule has 1 amide bonds. The number of aryl methyl sites for hydroxylation is 1. The van der Waals surface area contributed by atoms with E-state index in [-0.39, 0.29) is 5.91 Å². The molecule has 0 spiro atoms. The molecule has 5 nitrogen and oxygen atoms in total. The number of rotatable bonds is 5. The van der Waals surface area contributed by atoms with Gasteiger partial charge in [0.05, 0.1) is 13.3 Å². The third-order valence-corrected chi connectivity index (χ3v) is 4.17. The first kappa shape index (κ1) is 15.6. The van der Waals surface area contributed by atoms with Gasteiger partial charge in [-0.1, -0.05) is 12.1 Å². The maximum Gasteiger partial charge on any atom is 0.223 e. The van der Waals surface area contributed by atoms with Crippen LogP contribution >= 0.6 is 0 Å². The van der Waals surface area contributed by atoms with E-state index in [0.29, 0.717) is 24.5 Å². The normalized spacial score (nSPS) is 14.7. The largest absolute Gasteiger partial charge is 0.497 e. The van der Waals surface area contributed by atoms with Crippen LogP contribution in [0.4, 0.5) is 0 Å². The quantitative estimate of drug-likeness (QED) is 0.850. The molecule has 1 saturated heterocycles. The number of oxazole rings is 1. The Labute approximate surface area is 136 Å². The zero-order chi connectivity index (χ0) is 16.1. The molecule has 0 bridgehead atoms. The summed E-state index contributed by atoms with van der Waals surface area (Å²) in [7, 11) is 1.64. The Hall–Kier alpha value is -2.30. The van der Waals surface area contributed by atoms with Crippen molar-refractivity contribution < 1.29 is 13.9 Å². The molecule has 1 aromatic heterocycles. The Kier molecular flexibility index (Phi) is 4.95. The Morgan fingerprint density at radius 1 is 1.30 bits per heavy atom. The highest BCUT2D eigenvalue weighted by molar-refractivity contribution is 5.76. The highest BCUT2D eigenvalue weighted by atomic mass is 16.5. The molecular weight excluding hydrogens is 292 g/mol. The van der Waals surface area contributed by atoms with Gasteiger partial charge in [0.15, 0.2) is 11.7 Å². The maximum atomic E-state index is 12.2. The number of carbonyl (C=O) groups excluding carboxylic acids is 1. The van der Waals surface area contributed by atoms with E-state index in [9.17, 15) is 4.79 Å². The number of amides is 1. The van der Waals surface area contributed by atoms with Crippen LogP contribution in [0.3, 0.4) is 0 Å². The van der Waals surface area contributed by atoms with E-state index in [1.807, 2.05) is 29.2 Å². The van der Waals surface area contributed by atoms with E-state index < -0.39 is 0 Å². The first-order valence-electron chi connectivity index (χ1n) is 8.13. The maximum absolute atomic E-state index is 12.2. The van der Waals surface area contributed by atoms with Crippen LogP contribution < -0.4 is 4.74 Å². The molecule has 0 unspecified atom stereocenters. The second-order valence-corrected chi connectivity index (χ2v) is 5.79. The third kappa shape index (κ3) is 3.92. The first-order chi connectivity index (χ1) is 11.3. The van der Waals surface area contributed by atoms with Gasteiger partial charge in [-0.2, -0.15) is 0 Å². The van der Waals surface area contributed by atoms with E-state index in [4.69, 9.17) is 9.15 Å². The molecule has 1 aromatic carbocycles. The summed E-state index contributed by atoms with van der Waals surface area (Å²) in [4.78, 5) is 18.4. The molecule has 2 aromatic rings. The minimum atomic E-state index is 0.200. The highest BCUT2D eigenvalue weighted by Crippen LogP contribution is 2.24. The molecule has 0 radical (unpaired) electrons. The molecule has 0 N–H and O–H groups in total. The number of nitrogens with zero attached hydrogens (tertiary/aromatic N) is 2. The average Bonchev–Trinajstić information content (AvgIpc) is 3.09. The number of piperidine rings is 1. The van der Waals surface area contributed by atoms with Crippen molar-refractivity contribution in [3.8, 4) is 17.1 Å². The summed E-state index contributed by atoms with van der Waals surface area (Å²) in [6.45, 7) is 1.78. The number of likely N-dealkylation sites (tertiary alicyclic amines) is 1. The van der Waals surface area contributed by atoms with Crippen molar-refractivity contribution in [2.75, 3.05) is 20.2 Å². The van der Waals surface area contributed by atoms with Gasteiger partial charge in [0, 0.05) is 31.5 Å². The third-order valence-electron chi connectivity index (χ3n) is 4.17. The number of methoxy groups -OCH3 is 1. The molecule has 122 valence electrons. The SMILES string of the molecule is COc1cccc(-c2cnc(CCC(=O)N3CCCCC3)o2)c1. The summed E-state index contributed by atoms with van der Waals surface area (Å²) < 4.78 is 11.0. The zero-order valence-corrected chi connectivity index (χ0v) is 13.5. The fourth-order valence-corrected chi connectivity index (χ4v) is 2.85. The summed E-state index contributed by atoms with van der Waals surface area (Å²) in [5.74, 6) is 2.28. The van der Waals surface area contributed by atoms with E-state index in [2.05, 4.69) is 4.98 Å². The van der Waals surface area contributed by atoms with Crippen LogP contribution in [-0.4, -0.2) is 36.0 Å². The lowest BCUT2D eigenvalue weighted by molar-refractivity contribution is -0.132. The number of hydrogen-bond donors (Lipinski definition) is 0. The van der Waals surface area contributed by atoms with Crippen LogP contribution in [0.5, 0.6) is 5.75 Å². The van der Waals surface area contributed by atoms with E-state index >= 15 is 0 Å². The lowest BCUT2D eigenvalue weighted by Gasteiger charge is -2.26. The lowest BCUT2D eigenvalue weighted by Crippen LogP contribution is -2.35. The molecule has 1 fully saturated rings.